The molecule has 0 amide bonds. The molecule has 0 aromatic rings. The van der Waals surface area contributed by atoms with Crippen LogP contribution in [0.15, 0.2) is 23.8 Å². The average molecular weight is 152 g/mol. The van der Waals surface area contributed by atoms with E-state index in [9.17, 15) is 4.79 Å². The molecule has 1 aliphatic carbocycles. The van der Waals surface area contributed by atoms with Crippen molar-refractivity contribution < 1.29 is 9.90 Å². The van der Waals surface area contributed by atoms with Gasteiger partial charge in [-0.2, -0.15) is 0 Å². The third-order valence-corrected chi connectivity index (χ3v) is 1.82. The quantitative estimate of drug-likeness (QED) is 0.615. The van der Waals surface area contributed by atoms with Crippen LogP contribution in [0.5, 0.6) is 0 Å². The van der Waals surface area contributed by atoms with Crippen molar-refractivity contribution in [3.8, 4) is 0 Å². The zero-order valence-electron chi connectivity index (χ0n) is 6.42. The van der Waals surface area contributed by atoms with Crippen molar-refractivity contribution in [2.75, 3.05) is 0 Å². The monoisotopic (exact) mass is 152 g/mol. The smallest absolute Gasteiger partial charge is 0.328 e. The highest BCUT2D eigenvalue weighted by Gasteiger charge is 2.03. The molecular formula is C9H12O2. The summed E-state index contributed by atoms with van der Waals surface area (Å²) >= 11 is 0. The molecular weight excluding hydrogens is 140 g/mol. The van der Waals surface area contributed by atoms with Crippen LogP contribution in [0.2, 0.25) is 0 Å². The predicted molar refractivity (Wildman–Crippen MR) is 43.3 cm³/mol. The molecule has 0 saturated heterocycles. The van der Waals surface area contributed by atoms with E-state index in [1.807, 2.05) is 6.08 Å². The van der Waals surface area contributed by atoms with Crippen LogP contribution in [0.4, 0.5) is 0 Å². The minimum absolute atomic E-state index is 0.875. The van der Waals surface area contributed by atoms with E-state index in [0.29, 0.717) is 0 Å². The molecule has 1 saturated carbocycles. The second kappa shape index (κ2) is 3.96. The minimum atomic E-state index is -0.875. The van der Waals surface area contributed by atoms with Crippen LogP contribution in [0.1, 0.15) is 25.7 Å². The molecule has 0 spiro atoms. The number of rotatable bonds is 2. The fraction of sp³-hybridized carbons (Fsp3) is 0.444. The third kappa shape index (κ3) is 3.03. The Balaban J connectivity index is 2.39. The topological polar surface area (TPSA) is 37.3 Å². The lowest BCUT2D eigenvalue weighted by atomic mass is 10.2. The zero-order chi connectivity index (χ0) is 8.10. The molecule has 0 heterocycles. The van der Waals surface area contributed by atoms with Crippen LogP contribution in [-0.2, 0) is 4.79 Å². The highest BCUT2D eigenvalue weighted by Crippen LogP contribution is 2.23. The normalized spacial score (nSPS) is 17.6. The summed E-state index contributed by atoms with van der Waals surface area (Å²) in [5, 5.41) is 8.27. The number of carbonyl (C=O) groups is 1. The molecule has 0 atom stereocenters. The van der Waals surface area contributed by atoms with E-state index < -0.39 is 5.97 Å². The Kier molecular flexibility index (Phi) is 2.90. The second-order valence-electron chi connectivity index (χ2n) is 2.73. The van der Waals surface area contributed by atoms with Crippen LogP contribution in [-0.4, -0.2) is 11.1 Å². The van der Waals surface area contributed by atoms with E-state index in [1.54, 1.807) is 6.08 Å². The van der Waals surface area contributed by atoms with Crippen molar-refractivity contribution in [1.29, 1.82) is 0 Å². The lowest BCUT2D eigenvalue weighted by Gasteiger charge is -1.88. The largest absolute Gasteiger partial charge is 0.478 e. The summed E-state index contributed by atoms with van der Waals surface area (Å²) in [5.41, 5.74) is 1.38. The Morgan fingerprint density at radius 1 is 1.36 bits per heavy atom. The Morgan fingerprint density at radius 2 is 2.00 bits per heavy atom. The first kappa shape index (κ1) is 8.05. The summed E-state index contributed by atoms with van der Waals surface area (Å²) in [6, 6.07) is 0. The standard InChI is InChI=1S/C9H12O2/c10-9(11)7-3-6-8-4-1-2-5-8/h3,6-7H,1-2,4-5H2,(H,10,11). The molecule has 1 rings (SSSR count). The van der Waals surface area contributed by atoms with Crippen molar-refractivity contribution in [2.45, 2.75) is 25.7 Å². The first-order valence-corrected chi connectivity index (χ1v) is 3.88. The molecule has 0 aromatic heterocycles. The average Bonchev–Trinajstić information content (AvgIpc) is 2.39. The van der Waals surface area contributed by atoms with Crippen molar-refractivity contribution in [2.24, 2.45) is 0 Å². The minimum Gasteiger partial charge on any atom is -0.478 e. The van der Waals surface area contributed by atoms with Gasteiger partial charge in [-0.3, -0.25) is 0 Å². The second-order valence-corrected chi connectivity index (χ2v) is 2.73. The Hall–Kier alpha value is -1.05. The summed E-state index contributed by atoms with van der Waals surface area (Å²) < 4.78 is 0. The first-order valence-electron chi connectivity index (χ1n) is 3.88. The maximum Gasteiger partial charge on any atom is 0.328 e. The maximum atomic E-state index is 10.1. The summed E-state index contributed by atoms with van der Waals surface area (Å²) in [6.07, 6.45) is 9.50. The molecule has 0 bridgehead atoms. The number of carboxylic acid groups (broad SMARTS) is 1. The van der Waals surface area contributed by atoms with Gasteiger partial charge in [-0.15, -0.1) is 0 Å². The van der Waals surface area contributed by atoms with Gasteiger partial charge < -0.3 is 5.11 Å². The fourth-order valence-electron chi connectivity index (χ4n) is 1.26. The molecule has 0 unspecified atom stereocenters. The first-order chi connectivity index (χ1) is 5.29. The molecule has 1 fully saturated rings. The van der Waals surface area contributed by atoms with Gasteiger partial charge in [-0.05, 0) is 25.7 Å². The van der Waals surface area contributed by atoms with Gasteiger partial charge in [0.05, 0.1) is 0 Å². The zero-order valence-corrected chi connectivity index (χ0v) is 6.42. The number of hydrogen-bond donors (Lipinski definition) is 1. The van der Waals surface area contributed by atoms with E-state index in [0.717, 1.165) is 12.8 Å². The molecule has 0 aromatic carbocycles. The summed E-state index contributed by atoms with van der Waals surface area (Å²) in [6.45, 7) is 0. The number of allylic oxidation sites excluding steroid dienone is 3. The highest BCUT2D eigenvalue weighted by molar-refractivity contribution is 5.80. The van der Waals surface area contributed by atoms with Gasteiger partial charge in [-0.1, -0.05) is 17.7 Å². The van der Waals surface area contributed by atoms with E-state index >= 15 is 0 Å². The van der Waals surface area contributed by atoms with Gasteiger partial charge in [0.1, 0.15) is 0 Å². The molecule has 2 heteroatoms. The van der Waals surface area contributed by atoms with Crippen LogP contribution < -0.4 is 0 Å². The van der Waals surface area contributed by atoms with Crippen molar-refractivity contribution in [1.82, 2.24) is 0 Å². The van der Waals surface area contributed by atoms with Crippen molar-refractivity contribution in [3.05, 3.63) is 23.8 Å². The molecule has 1 aliphatic rings. The van der Waals surface area contributed by atoms with Gasteiger partial charge in [0, 0.05) is 6.08 Å². The van der Waals surface area contributed by atoms with E-state index in [2.05, 4.69) is 0 Å². The predicted octanol–water partition coefficient (Wildman–Crippen LogP) is 2.13. The summed E-state index contributed by atoms with van der Waals surface area (Å²) in [5.74, 6) is -0.875. The Morgan fingerprint density at radius 3 is 2.55 bits per heavy atom. The van der Waals surface area contributed by atoms with Gasteiger partial charge in [0.15, 0.2) is 0 Å². The van der Waals surface area contributed by atoms with Gasteiger partial charge in [0.2, 0.25) is 0 Å². The molecule has 2 nitrogen and oxygen atoms in total. The van der Waals surface area contributed by atoms with Gasteiger partial charge in [-0.25, -0.2) is 4.79 Å². The van der Waals surface area contributed by atoms with E-state index in [-0.39, 0.29) is 0 Å². The number of carboxylic acids is 1. The maximum absolute atomic E-state index is 10.1. The lowest BCUT2D eigenvalue weighted by molar-refractivity contribution is -0.131. The van der Waals surface area contributed by atoms with E-state index in [4.69, 9.17) is 5.11 Å². The van der Waals surface area contributed by atoms with Crippen molar-refractivity contribution in [3.63, 3.8) is 0 Å². The van der Waals surface area contributed by atoms with Crippen LogP contribution >= 0.6 is 0 Å². The highest BCUT2D eigenvalue weighted by atomic mass is 16.4. The summed E-state index contributed by atoms with van der Waals surface area (Å²) in [7, 11) is 0. The van der Waals surface area contributed by atoms with Gasteiger partial charge in [0.25, 0.3) is 0 Å². The fourth-order valence-corrected chi connectivity index (χ4v) is 1.26. The lowest BCUT2D eigenvalue weighted by Crippen LogP contribution is -1.84. The van der Waals surface area contributed by atoms with Crippen LogP contribution in [0, 0.1) is 0 Å². The molecule has 60 valence electrons. The number of hydrogen-bond acceptors (Lipinski definition) is 1. The van der Waals surface area contributed by atoms with Gasteiger partial charge >= 0.3 is 5.97 Å². The molecule has 1 N–H and O–H groups in total. The Bertz CT molecular complexity index is 194. The van der Waals surface area contributed by atoms with Crippen molar-refractivity contribution >= 4 is 5.97 Å². The molecule has 0 radical (unpaired) electrons. The Labute approximate surface area is 66.2 Å². The summed E-state index contributed by atoms with van der Waals surface area (Å²) in [4.78, 5) is 10.1. The molecule has 0 aliphatic heterocycles. The van der Waals surface area contributed by atoms with Crippen LogP contribution in [0.3, 0.4) is 0 Å². The number of aliphatic carboxylic acids is 1. The van der Waals surface area contributed by atoms with Crippen LogP contribution in [0.25, 0.3) is 0 Å². The van der Waals surface area contributed by atoms with E-state index in [1.165, 1.54) is 24.5 Å². The third-order valence-electron chi connectivity index (χ3n) is 1.82. The molecule has 11 heavy (non-hydrogen) atoms. The SMILES string of the molecule is O=C(O)C=CC=C1CCCC1.